The van der Waals surface area contributed by atoms with Crippen LogP contribution in [0.25, 0.3) is 5.69 Å². The van der Waals surface area contributed by atoms with Gasteiger partial charge < -0.3 is 4.90 Å². The third kappa shape index (κ3) is 4.98. The number of nitrogens with zero attached hydrogens (tertiary/aromatic N) is 4. The molecule has 1 aliphatic carbocycles. The Kier molecular flexibility index (Phi) is 7.02. The van der Waals surface area contributed by atoms with Crippen molar-refractivity contribution >= 4 is 17.5 Å². The second-order valence-electron chi connectivity index (χ2n) is 9.53. The van der Waals surface area contributed by atoms with Gasteiger partial charge in [-0.1, -0.05) is 44.9 Å². The zero-order valence-corrected chi connectivity index (χ0v) is 19.9. The number of amides is 1. The Hall–Kier alpha value is -1.85. The van der Waals surface area contributed by atoms with E-state index in [9.17, 15) is 4.79 Å². The Labute approximate surface area is 191 Å². The van der Waals surface area contributed by atoms with Gasteiger partial charge in [-0.25, -0.2) is 4.68 Å². The standard InChI is InChI=1S/C25H35ClN4O/c1-4-12-28-13-11-24-22(16-28)23(27-30(24)21-10-6-9-20(26)14-21)17-29(15-18(2)3)25(31)19-7-5-8-19/h6,9-10,14,18-19H,4-5,7-8,11-13,15-17H2,1-3H3. The van der Waals surface area contributed by atoms with Gasteiger partial charge >= 0.3 is 0 Å². The molecule has 0 unspecified atom stereocenters. The van der Waals surface area contributed by atoms with Crippen LogP contribution in [-0.4, -0.2) is 45.1 Å². The molecular formula is C25H35ClN4O. The number of fused-ring (bicyclic) bond motifs is 1. The van der Waals surface area contributed by atoms with Crippen LogP contribution < -0.4 is 0 Å². The molecule has 0 saturated heterocycles. The van der Waals surface area contributed by atoms with Crippen molar-refractivity contribution in [1.82, 2.24) is 19.6 Å². The number of carbonyl (C=O) groups excluding carboxylic acids is 1. The SMILES string of the molecule is CCCN1CCc2c(c(CN(CC(C)C)C(=O)C3CCC3)nn2-c2cccc(Cl)c2)C1. The van der Waals surface area contributed by atoms with Gasteiger partial charge in [0.05, 0.1) is 23.6 Å². The van der Waals surface area contributed by atoms with Crippen LogP contribution in [0, 0.1) is 11.8 Å². The molecule has 2 heterocycles. The summed E-state index contributed by atoms with van der Waals surface area (Å²) >= 11 is 6.29. The fourth-order valence-corrected chi connectivity index (χ4v) is 4.95. The quantitative estimate of drug-likeness (QED) is 0.572. The number of hydrogen-bond donors (Lipinski definition) is 0. The summed E-state index contributed by atoms with van der Waals surface area (Å²) in [6.45, 7) is 11.0. The minimum Gasteiger partial charge on any atom is -0.336 e. The van der Waals surface area contributed by atoms with E-state index in [2.05, 4.69) is 41.3 Å². The number of carbonyl (C=O) groups is 1. The lowest BCUT2D eigenvalue weighted by Crippen LogP contribution is -2.41. The monoisotopic (exact) mass is 442 g/mol. The maximum Gasteiger partial charge on any atom is 0.226 e. The second-order valence-corrected chi connectivity index (χ2v) is 9.97. The maximum atomic E-state index is 13.2. The van der Waals surface area contributed by atoms with Crippen LogP contribution in [0.5, 0.6) is 0 Å². The van der Waals surface area contributed by atoms with E-state index in [4.69, 9.17) is 16.7 Å². The zero-order chi connectivity index (χ0) is 22.0. The number of aromatic nitrogens is 2. The van der Waals surface area contributed by atoms with E-state index in [0.717, 1.165) is 63.2 Å². The summed E-state index contributed by atoms with van der Waals surface area (Å²) in [7, 11) is 0. The van der Waals surface area contributed by atoms with Gasteiger partial charge in [0.2, 0.25) is 5.91 Å². The van der Waals surface area contributed by atoms with E-state index in [1.54, 1.807) is 0 Å². The van der Waals surface area contributed by atoms with Crippen LogP contribution in [0.1, 0.15) is 63.4 Å². The molecule has 1 saturated carbocycles. The van der Waals surface area contributed by atoms with Crippen molar-refractivity contribution in [3.05, 3.63) is 46.2 Å². The smallest absolute Gasteiger partial charge is 0.226 e. The molecule has 1 fully saturated rings. The van der Waals surface area contributed by atoms with Crippen molar-refractivity contribution < 1.29 is 4.79 Å². The number of benzene rings is 1. The molecule has 0 spiro atoms. The highest BCUT2D eigenvalue weighted by Crippen LogP contribution is 2.31. The van der Waals surface area contributed by atoms with Crippen molar-refractivity contribution in [3.63, 3.8) is 0 Å². The molecule has 5 nitrogen and oxygen atoms in total. The summed E-state index contributed by atoms with van der Waals surface area (Å²) in [5, 5.41) is 5.78. The molecule has 1 amide bonds. The summed E-state index contributed by atoms with van der Waals surface area (Å²) in [6, 6.07) is 7.91. The molecule has 0 N–H and O–H groups in total. The lowest BCUT2D eigenvalue weighted by molar-refractivity contribution is -0.139. The maximum absolute atomic E-state index is 13.2. The molecule has 0 atom stereocenters. The minimum atomic E-state index is 0.209. The van der Waals surface area contributed by atoms with Crippen LogP contribution in [0.3, 0.4) is 0 Å². The fourth-order valence-electron chi connectivity index (χ4n) is 4.76. The summed E-state index contributed by atoms with van der Waals surface area (Å²) in [6.07, 6.45) is 5.36. The molecule has 1 aromatic heterocycles. The summed E-state index contributed by atoms with van der Waals surface area (Å²) in [5.41, 5.74) is 4.61. The molecule has 0 radical (unpaired) electrons. The van der Waals surface area contributed by atoms with E-state index in [1.165, 1.54) is 17.7 Å². The van der Waals surface area contributed by atoms with E-state index < -0.39 is 0 Å². The van der Waals surface area contributed by atoms with Gasteiger partial charge in [0.15, 0.2) is 0 Å². The average molecular weight is 443 g/mol. The number of rotatable bonds is 8. The van der Waals surface area contributed by atoms with Gasteiger partial charge in [0.25, 0.3) is 0 Å². The first-order valence-electron chi connectivity index (χ1n) is 11.8. The van der Waals surface area contributed by atoms with Gasteiger partial charge in [0.1, 0.15) is 0 Å². The van der Waals surface area contributed by atoms with Crippen molar-refractivity contribution in [1.29, 1.82) is 0 Å². The Bertz CT molecular complexity index is 918. The molecule has 31 heavy (non-hydrogen) atoms. The van der Waals surface area contributed by atoms with E-state index in [-0.39, 0.29) is 5.92 Å². The lowest BCUT2D eigenvalue weighted by atomic mass is 9.84. The normalized spacial score (nSPS) is 16.9. The van der Waals surface area contributed by atoms with E-state index in [1.807, 2.05) is 18.2 Å². The van der Waals surface area contributed by atoms with Crippen LogP contribution in [0.2, 0.25) is 5.02 Å². The van der Waals surface area contributed by atoms with Crippen LogP contribution in [-0.2, 0) is 24.3 Å². The fraction of sp³-hybridized carbons (Fsp3) is 0.600. The minimum absolute atomic E-state index is 0.209. The Morgan fingerprint density at radius 2 is 2.13 bits per heavy atom. The second kappa shape index (κ2) is 9.74. The zero-order valence-electron chi connectivity index (χ0n) is 19.1. The van der Waals surface area contributed by atoms with Crippen molar-refractivity contribution in [3.8, 4) is 5.69 Å². The van der Waals surface area contributed by atoms with Gasteiger partial charge in [-0.2, -0.15) is 5.10 Å². The third-order valence-electron chi connectivity index (χ3n) is 6.50. The Morgan fingerprint density at radius 1 is 1.32 bits per heavy atom. The summed E-state index contributed by atoms with van der Waals surface area (Å²) in [4.78, 5) is 17.8. The molecule has 6 heteroatoms. The van der Waals surface area contributed by atoms with Crippen LogP contribution in [0.4, 0.5) is 0 Å². The molecule has 1 aromatic carbocycles. The van der Waals surface area contributed by atoms with Gasteiger partial charge in [-0.3, -0.25) is 9.69 Å². The molecule has 1 aliphatic heterocycles. The molecule has 168 valence electrons. The topological polar surface area (TPSA) is 41.4 Å². The first-order chi connectivity index (χ1) is 15.0. The van der Waals surface area contributed by atoms with Crippen molar-refractivity contribution in [2.24, 2.45) is 11.8 Å². The van der Waals surface area contributed by atoms with E-state index in [0.29, 0.717) is 23.4 Å². The van der Waals surface area contributed by atoms with Gasteiger partial charge in [-0.05, 0) is 49.9 Å². The highest BCUT2D eigenvalue weighted by atomic mass is 35.5. The Morgan fingerprint density at radius 3 is 2.77 bits per heavy atom. The Balaban J connectivity index is 1.69. The van der Waals surface area contributed by atoms with E-state index >= 15 is 0 Å². The number of halogens is 1. The van der Waals surface area contributed by atoms with Gasteiger partial charge in [-0.15, -0.1) is 0 Å². The number of hydrogen-bond acceptors (Lipinski definition) is 3. The highest BCUT2D eigenvalue weighted by molar-refractivity contribution is 6.30. The van der Waals surface area contributed by atoms with Crippen molar-refractivity contribution in [2.75, 3.05) is 19.6 Å². The summed E-state index contributed by atoms with van der Waals surface area (Å²) in [5.74, 6) is 0.958. The molecule has 2 aromatic rings. The molecule has 0 bridgehead atoms. The molecule has 2 aliphatic rings. The first kappa shape index (κ1) is 22.3. The molecular weight excluding hydrogens is 408 g/mol. The van der Waals surface area contributed by atoms with Crippen molar-refractivity contribution in [2.45, 2.75) is 66.0 Å². The largest absolute Gasteiger partial charge is 0.336 e. The predicted molar refractivity (Wildman–Crippen MR) is 125 cm³/mol. The van der Waals surface area contributed by atoms with Gasteiger partial charge in [0, 0.05) is 42.6 Å². The highest BCUT2D eigenvalue weighted by Gasteiger charge is 2.32. The van der Waals surface area contributed by atoms with Crippen LogP contribution in [0.15, 0.2) is 24.3 Å². The average Bonchev–Trinajstić information content (AvgIpc) is 3.04. The van der Waals surface area contributed by atoms with Crippen LogP contribution >= 0.6 is 11.6 Å². The first-order valence-corrected chi connectivity index (χ1v) is 12.2. The molecule has 4 rings (SSSR count). The third-order valence-corrected chi connectivity index (χ3v) is 6.74. The lowest BCUT2D eigenvalue weighted by Gasteiger charge is -2.33. The predicted octanol–water partition coefficient (Wildman–Crippen LogP) is 5.08. The summed E-state index contributed by atoms with van der Waals surface area (Å²) < 4.78 is 2.07.